The maximum Gasteiger partial charge on any atom is 0.254 e. The van der Waals surface area contributed by atoms with Crippen molar-refractivity contribution >= 4 is 40.1 Å². The summed E-state index contributed by atoms with van der Waals surface area (Å²) in [6.45, 7) is 1.72. The van der Waals surface area contributed by atoms with Gasteiger partial charge in [-0.3, -0.25) is 9.59 Å². The van der Waals surface area contributed by atoms with Crippen molar-refractivity contribution in [2.24, 2.45) is 0 Å². The van der Waals surface area contributed by atoms with Crippen molar-refractivity contribution in [3.8, 4) is 0 Å². The van der Waals surface area contributed by atoms with Crippen LogP contribution in [-0.4, -0.2) is 29.8 Å². The minimum Gasteiger partial charge on any atom is -0.330 e. The number of likely N-dealkylation sites (N-methyl/N-ethyl adjacent to an activating group) is 1. The first-order chi connectivity index (χ1) is 11.4. The van der Waals surface area contributed by atoms with Crippen molar-refractivity contribution in [2.75, 3.05) is 18.4 Å². The number of nitrogens with one attached hydrogen (secondary N) is 1. The van der Waals surface area contributed by atoms with Crippen molar-refractivity contribution in [1.82, 2.24) is 4.90 Å². The molecule has 0 saturated heterocycles. The SMILES string of the molecule is CCN(CC(=O)Nc1c(F)cccc1F)C(=O)c1ccc(I)cc1. The highest BCUT2D eigenvalue weighted by Gasteiger charge is 2.19. The Morgan fingerprint density at radius 2 is 1.67 bits per heavy atom. The summed E-state index contributed by atoms with van der Waals surface area (Å²) in [5, 5.41) is 2.17. The predicted molar refractivity (Wildman–Crippen MR) is 95.7 cm³/mol. The van der Waals surface area contributed by atoms with Gasteiger partial charge < -0.3 is 10.2 Å². The summed E-state index contributed by atoms with van der Waals surface area (Å²) < 4.78 is 28.1. The average molecular weight is 444 g/mol. The molecule has 0 heterocycles. The van der Waals surface area contributed by atoms with Gasteiger partial charge in [0.05, 0.1) is 0 Å². The maximum atomic E-state index is 13.6. The zero-order chi connectivity index (χ0) is 17.7. The fourth-order valence-electron chi connectivity index (χ4n) is 2.07. The molecule has 2 aromatic carbocycles. The van der Waals surface area contributed by atoms with Crippen LogP contribution >= 0.6 is 22.6 Å². The van der Waals surface area contributed by atoms with Crippen molar-refractivity contribution in [3.63, 3.8) is 0 Å². The lowest BCUT2D eigenvalue weighted by Gasteiger charge is -2.20. The molecule has 2 aromatic rings. The molecule has 0 unspecified atom stereocenters. The Bertz CT molecular complexity index is 731. The summed E-state index contributed by atoms with van der Waals surface area (Å²) in [4.78, 5) is 25.7. The predicted octanol–water partition coefficient (Wildman–Crippen LogP) is 3.67. The highest BCUT2D eigenvalue weighted by atomic mass is 127. The molecule has 1 N–H and O–H groups in total. The first kappa shape index (κ1) is 18.3. The second-order valence-corrected chi connectivity index (χ2v) is 6.22. The molecule has 0 bridgehead atoms. The first-order valence-electron chi connectivity index (χ1n) is 7.21. The number of anilines is 1. The number of benzene rings is 2. The van der Waals surface area contributed by atoms with Gasteiger partial charge in [-0.25, -0.2) is 8.78 Å². The fraction of sp³-hybridized carbons (Fsp3) is 0.176. The fourth-order valence-corrected chi connectivity index (χ4v) is 2.43. The Hall–Kier alpha value is -2.03. The molecule has 2 rings (SSSR count). The van der Waals surface area contributed by atoms with Crippen molar-refractivity contribution in [3.05, 3.63) is 63.2 Å². The normalized spacial score (nSPS) is 10.3. The highest BCUT2D eigenvalue weighted by molar-refractivity contribution is 14.1. The van der Waals surface area contributed by atoms with E-state index in [9.17, 15) is 18.4 Å². The van der Waals surface area contributed by atoms with Crippen LogP contribution in [0.15, 0.2) is 42.5 Å². The van der Waals surface area contributed by atoms with Gasteiger partial charge in [-0.15, -0.1) is 0 Å². The number of rotatable bonds is 5. The molecule has 4 nitrogen and oxygen atoms in total. The molecule has 0 aliphatic rings. The number of hydrogen-bond acceptors (Lipinski definition) is 2. The van der Waals surface area contributed by atoms with Gasteiger partial charge in [0, 0.05) is 15.7 Å². The van der Waals surface area contributed by atoms with Gasteiger partial charge in [-0.05, 0) is 65.9 Å². The second-order valence-electron chi connectivity index (χ2n) is 4.97. The van der Waals surface area contributed by atoms with E-state index in [-0.39, 0.29) is 19.0 Å². The molecule has 0 aliphatic heterocycles. The number of nitrogens with zero attached hydrogens (tertiary/aromatic N) is 1. The lowest BCUT2D eigenvalue weighted by Crippen LogP contribution is -2.38. The van der Waals surface area contributed by atoms with Crippen LogP contribution < -0.4 is 5.32 Å². The largest absolute Gasteiger partial charge is 0.330 e. The molecule has 0 radical (unpaired) electrons. The molecule has 24 heavy (non-hydrogen) atoms. The van der Waals surface area contributed by atoms with Crippen LogP contribution in [0, 0.1) is 15.2 Å². The standard InChI is InChI=1S/C17H15F2IN2O2/c1-2-22(17(24)11-6-8-12(20)9-7-11)10-15(23)21-16-13(18)4-3-5-14(16)19/h3-9H,2,10H2,1H3,(H,21,23). The molecule has 0 spiro atoms. The summed E-state index contributed by atoms with van der Waals surface area (Å²) in [7, 11) is 0. The van der Waals surface area contributed by atoms with E-state index in [0.717, 1.165) is 15.7 Å². The van der Waals surface area contributed by atoms with E-state index in [1.165, 1.54) is 11.0 Å². The van der Waals surface area contributed by atoms with Crippen LogP contribution in [0.2, 0.25) is 0 Å². The third kappa shape index (κ3) is 4.50. The van der Waals surface area contributed by atoms with Crippen molar-refractivity contribution in [2.45, 2.75) is 6.92 Å². The Balaban J connectivity index is 2.08. The highest BCUT2D eigenvalue weighted by Crippen LogP contribution is 2.18. The number of halogens is 3. The molecule has 7 heteroatoms. The average Bonchev–Trinajstić information content (AvgIpc) is 2.56. The first-order valence-corrected chi connectivity index (χ1v) is 8.29. The minimum absolute atomic E-state index is 0.290. The number of carbonyl (C=O) groups is 2. The van der Waals surface area contributed by atoms with E-state index in [4.69, 9.17) is 0 Å². The summed E-state index contributed by atoms with van der Waals surface area (Å²) in [5.41, 5.74) is -0.0672. The van der Waals surface area contributed by atoms with Crippen LogP contribution in [0.4, 0.5) is 14.5 Å². The van der Waals surface area contributed by atoms with E-state index in [1.807, 2.05) is 0 Å². The molecule has 0 aromatic heterocycles. The van der Waals surface area contributed by atoms with Crippen LogP contribution in [0.3, 0.4) is 0 Å². The number of hydrogen-bond donors (Lipinski definition) is 1. The van der Waals surface area contributed by atoms with E-state index in [1.54, 1.807) is 31.2 Å². The quantitative estimate of drug-likeness (QED) is 0.716. The van der Waals surface area contributed by atoms with Gasteiger partial charge >= 0.3 is 0 Å². The molecule has 0 saturated carbocycles. The molecular formula is C17H15F2IN2O2. The third-order valence-corrected chi connectivity index (χ3v) is 4.04. The van der Waals surface area contributed by atoms with Gasteiger partial charge in [-0.1, -0.05) is 6.07 Å². The summed E-state index contributed by atoms with van der Waals surface area (Å²) in [6.07, 6.45) is 0. The Labute approximate surface area is 152 Å². The van der Waals surface area contributed by atoms with E-state index >= 15 is 0 Å². The Morgan fingerprint density at radius 1 is 1.08 bits per heavy atom. The molecule has 0 atom stereocenters. The maximum absolute atomic E-state index is 13.6. The number of para-hydroxylation sites is 1. The van der Waals surface area contributed by atoms with Crippen molar-refractivity contribution in [1.29, 1.82) is 0 Å². The van der Waals surface area contributed by atoms with Gasteiger partial charge in [0.15, 0.2) is 0 Å². The molecule has 126 valence electrons. The Kier molecular flexibility index (Phi) is 6.24. The van der Waals surface area contributed by atoms with Gasteiger partial charge in [0.25, 0.3) is 5.91 Å². The second kappa shape index (κ2) is 8.18. The molecular weight excluding hydrogens is 429 g/mol. The van der Waals surface area contributed by atoms with E-state index < -0.39 is 23.2 Å². The van der Waals surface area contributed by atoms with Crippen molar-refractivity contribution < 1.29 is 18.4 Å². The van der Waals surface area contributed by atoms with Crippen LogP contribution in [0.25, 0.3) is 0 Å². The monoisotopic (exact) mass is 444 g/mol. The van der Waals surface area contributed by atoms with Crippen LogP contribution in [-0.2, 0) is 4.79 Å². The topological polar surface area (TPSA) is 49.4 Å². The zero-order valence-electron chi connectivity index (χ0n) is 12.9. The van der Waals surface area contributed by atoms with E-state index in [0.29, 0.717) is 5.56 Å². The van der Waals surface area contributed by atoms with Crippen LogP contribution in [0.1, 0.15) is 17.3 Å². The van der Waals surface area contributed by atoms with Gasteiger partial charge in [-0.2, -0.15) is 0 Å². The number of carbonyl (C=O) groups excluding carboxylic acids is 2. The summed E-state index contributed by atoms with van der Waals surface area (Å²) in [5.74, 6) is -2.72. The molecule has 0 aliphatic carbocycles. The lowest BCUT2D eigenvalue weighted by atomic mass is 10.2. The lowest BCUT2D eigenvalue weighted by molar-refractivity contribution is -0.116. The Morgan fingerprint density at radius 3 is 2.21 bits per heavy atom. The number of amides is 2. The minimum atomic E-state index is -0.865. The smallest absolute Gasteiger partial charge is 0.254 e. The molecule has 2 amide bonds. The summed E-state index contributed by atoms with van der Waals surface area (Å²) in [6, 6.07) is 10.2. The molecule has 0 fully saturated rings. The zero-order valence-corrected chi connectivity index (χ0v) is 15.0. The van der Waals surface area contributed by atoms with Gasteiger partial charge in [0.2, 0.25) is 5.91 Å². The third-order valence-electron chi connectivity index (χ3n) is 3.32. The summed E-state index contributed by atoms with van der Waals surface area (Å²) >= 11 is 2.12. The van der Waals surface area contributed by atoms with E-state index in [2.05, 4.69) is 27.9 Å². The van der Waals surface area contributed by atoms with Crippen LogP contribution in [0.5, 0.6) is 0 Å². The van der Waals surface area contributed by atoms with Gasteiger partial charge in [0.1, 0.15) is 23.9 Å².